The number of rotatable bonds is 3. The zero-order valence-corrected chi connectivity index (χ0v) is 18.5. The van der Waals surface area contributed by atoms with Crippen molar-refractivity contribution in [3.8, 4) is 5.88 Å². The van der Waals surface area contributed by atoms with Crippen LogP contribution in [-0.2, 0) is 42.1 Å². The third-order valence-corrected chi connectivity index (χ3v) is 7.86. The van der Waals surface area contributed by atoms with Crippen molar-refractivity contribution in [2.24, 2.45) is 9.50 Å². The molecule has 1 aromatic heterocycles. The standard InChI is InChI=1S/C21H28N6O3S/c1-23-15-8-9-27-20(30-12-15)18(11-24-27)31(22,29)26-21(28)25-19-16-6-2-4-13(16)10-14-5-3-7-17(14)19/h10-11,15,23H,2-9,12H2,1H3,(H3,22,25,26,28,29)/t15-,31?/m0/s1. The number of nitrogens with one attached hydrogen (secondary N) is 2. The molecule has 2 heterocycles. The van der Waals surface area contributed by atoms with Gasteiger partial charge >= 0.3 is 6.03 Å². The molecule has 2 aromatic rings. The minimum absolute atomic E-state index is 0.155. The van der Waals surface area contributed by atoms with Crippen LogP contribution < -0.4 is 20.5 Å². The molecule has 166 valence electrons. The molecule has 2 aliphatic carbocycles. The molecule has 0 saturated carbocycles. The number of carbonyl (C=O) groups is 1. The van der Waals surface area contributed by atoms with Crippen LogP contribution in [0.3, 0.4) is 0 Å². The number of benzene rings is 1. The van der Waals surface area contributed by atoms with Crippen molar-refractivity contribution in [2.75, 3.05) is 19.0 Å². The van der Waals surface area contributed by atoms with E-state index in [4.69, 9.17) is 9.88 Å². The monoisotopic (exact) mass is 444 g/mol. The second-order valence-corrected chi connectivity index (χ2v) is 10.2. The Hall–Kier alpha value is -2.43. The van der Waals surface area contributed by atoms with E-state index in [1.807, 2.05) is 7.05 Å². The maximum Gasteiger partial charge on any atom is 0.354 e. The lowest BCUT2D eigenvalue weighted by Gasteiger charge is -2.15. The third kappa shape index (κ3) is 3.72. The number of aromatic nitrogens is 2. The van der Waals surface area contributed by atoms with Gasteiger partial charge in [0.2, 0.25) is 5.88 Å². The number of nitrogens with zero attached hydrogens (tertiary/aromatic N) is 3. The predicted molar refractivity (Wildman–Crippen MR) is 118 cm³/mol. The third-order valence-electron chi connectivity index (χ3n) is 6.52. The van der Waals surface area contributed by atoms with Gasteiger partial charge in [0.1, 0.15) is 11.5 Å². The Kier molecular flexibility index (Phi) is 5.23. The molecule has 4 N–H and O–H groups in total. The first kappa shape index (κ1) is 20.5. The normalized spacial score (nSPS) is 21.3. The Balaban J connectivity index is 1.44. The summed E-state index contributed by atoms with van der Waals surface area (Å²) in [6, 6.07) is 1.76. The topological polar surface area (TPSA) is 124 Å². The molecule has 0 saturated heterocycles. The average Bonchev–Trinajstić information content (AvgIpc) is 3.45. The van der Waals surface area contributed by atoms with Gasteiger partial charge in [-0.2, -0.15) is 5.10 Å². The van der Waals surface area contributed by atoms with Crippen molar-refractivity contribution in [3.63, 3.8) is 0 Å². The molecular formula is C21H28N6O3S. The number of aryl methyl sites for hydroxylation is 3. The highest BCUT2D eigenvalue weighted by atomic mass is 32.2. The maximum absolute atomic E-state index is 13.3. The van der Waals surface area contributed by atoms with Gasteiger partial charge in [-0.25, -0.2) is 18.8 Å². The number of carbonyl (C=O) groups excluding carboxylic acids is 1. The molecule has 1 aromatic carbocycles. The molecule has 2 atom stereocenters. The smallest absolute Gasteiger partial charge is 0.354 e. The Morgan fingerprint density at radius 3 is 2.65 bits per heavy atom. The minimum Gasteiger partial charge on any atom is -0.475 e. The van der Waals surface area contributed by atoms with E-state index in [0.29, 0.717) is 19.0 Å². The van der Waals surface area contributed by atoms with E-state index in [1.165, 1.54) is 28.5 Å². The summed E-state index contributed by atoms with van der Waals surface area (Å²) in [5, 5.41) is 16.4. The van der Waals surface area contributed by atoms with E-state index in [2.05, 4.69) is 26.2 Å². The van der Waals surface area contributed by atoms with Gasteiger partial charge < -0.3 is 15.4 Å². The minimum atomic E-state index is -3.51. The van der Waals surface area contributed by atoms with Gasteiger partial charge in [0.05, 0.1) is 6.20 Å². The van der Waals surface area contributed by atoms with Crippen LogP contribution in [0.5, 0.6) is 5.88 Å². The Bertz CT molecular complexity index is 1130. The van der Waals surface area contributed by atoms with Gasteiger partial charge in [-0.15, -0.1) is 4.36 Å². The second-order valence-electron chi connectivity index (χ2n) is 8.45. The summed E-state index contributed by atoms with van der Waals surface area (Å²) in [6.07, 6.45) is 8.32. The summed E-state index contributed by atoms with van der Waals surface area (Å²) < 4.78 is 24.6. The Morgan fingerprint density at radius 1 is 1.26 bits per heavy atom. The summed E-state index contributed by atoms with van der Waals surface area (Å²) in [6.45, 7) is 1.00. The van der Waals surface area contributed by atoms with E-state index in [1.54, 1.807) is 4.68 Å². The molecule has 9 nitrogen and oxygen atoms in total. The average molecular weight is 445 g/mol. The lowest BCUT2D eigenvalue weighted by atomic mass is 9.99. The van der Waals surface area contributed by atoms with Crippen LogP contribution in [0.4, 0.5) is 10.5 Å². The van der Waals surface area contributed by atoms with Crippen molar-refractivity contribution in [3.05, 3.63) is 34.5 Å². The zero-order valence-electron chi connectivity index (χ0n) is 17.6. The summed E-state index contributed by atoms with van der Waals surface area (Å²) in [7, 11) is -1.65. The lowest BCUT2D eigenvalue weighted by Crippen LogP contribution is -2.31. The Morgan fingerprint density at radius 2 is 1.97 bits per heavy atom. The largest absolute Gasteiger partial charge is 0.475 e. The van der Waals surface area contributed by atoms with Crippen molar-refractivity contribution in [1.82, 2.24) is 15.1 Å². The molecule has 0 bridgehead atoms. The number of anilines is 1. The molecule has 3 aliphatic rings. The summed E-state index contributed by atoms with van der Waals surface area (Å²) in [5.74, 6) is 0.322. The molecule has 5 rings (SSSR count). The fourth-order valence-electron chi connectivity index (χ4n) is 4.90. The molecule has 1 unspecified atom stereocenters. The van der Waals surface area contributed by atoms with E-state index in [0.717, 1.165) is 50.6 Å². The fourth-order valence-corrected chi connectivity index (χ4v) is 5.90. The van der Waals surface area contributed by atoms with Crippen molar-refractivity contribution in [2.45, 2.75) is 62.4 Å². The SMILES string of the molecule is CN[C@H]1CCn2ncc(S(N)(=O)=NC(=O)Nc3c4c(cc5c3CCC5)CCC4)c2OC1. The van der Waals surface area contributed by atoms with Crippen molar-refractivity contribution >= 4 is 21.6 Å². The fraction of sp³-hybridized carbons (Fsp3) is 0.524. The van der Waals surface area contributed by atoms with E-state index in [-0.39, 0.29) is 10.9 Å². The van der Waals surface area contributed by atoms with Crippen LogP contribution in [0.25, 0.3) is 0 Å². The molecule has 0 radical (unpaired) electrons. The van der Waals surface area contributed by atoms with E-state index in [9.17, 15) is 9.00 Å². The summed E-state index contributed by atoms with van der Waals surface area (Å²) >= 11 is 0. The highest BCUT2D eigenvalue weighted by Gasteiger charge is 2.27. The zero-order chi connectivity index (χ0) is 21.6. The number of amides is 2. The highest BCUT2D eigenvalue weighted by Crippen LogP contribution is 2.38. The lowest BCUT2D eigenvalue weighted by molar-refractivity contribution is 0.259. The van der Waals surface area contributed by atoms with Gasteiger partial charge in [-0.3, -0.25) is 0 Å². The number of hydrogen-bond acceptors (Lipinski definition) is 5. The Labute approximate surface area is 182 Å². The molecule has 1 aliphatic heterocycles. The number of hydrogen-bond donors (Lipinski definition) is 3. The van der Waals surface area contributed by atoms with Crippen LogP contribution in [-0.4, -0.2) is 39.7 Å². The summed E-state index contributed by atoms with van der Waals surface area (Å²) in [4.78, 5) is 13.0. The summed E-state index contributed by atoms with van der Waals surface area (Å²) in [5.41, 5.74) is 5.84. The van der Waals surface area contributed by atoms with Crippen molar-refractivity contribution < 1.29 is 13.7 Å². The van der Waals surface area contributed by atoms with E-state index < -0.39 is 15.9 Å². The van der Waals surface area contributed by atoms with Gasteiger partial charge in [0.25, 0.3) is 0 Å². The molecule has 2 amide bonds. The number of likely N-dealkylation sites (N-methyl/N-ethyl adjacent to an activating group) is 1. The van der Waals surface area contributed by atoms with E-state index >= 15 is 0 Å². The molecule has 31 heavy (non-hydrogen) atoms. The van der Waals surface area contributed by atoms with Crippen LogP contribution in [0, 0.1) is 0 Å². The molecular weight excluding hydrogens is 416 g/mol. The molecule has 0 spiro atoms. The predicted octanol–water partition coefficient (Wildman–Crippen LogP) is 2.16. The number of fused-ring (bicyclic) bond motifs is 3. The first-order valence-electron chi connectivity index (χ1n) is 10.8. The molecule has 0 fully saturated rings. The number of nitrogens with two attached hydrogens (primary N) is 1. The van der Waals surface area contributed by atoms with Crippen molar-refractivity contribution in [1.29, 1.82) is 0 Å². The first-order chi connectivity index (χ1) is 15.0. The number of ether oxygens (including phenoxy) is 1. The second kappa shape index (κ2) is 7.92. The van der Waals surface area contributed by atoms with Gasteiger partial charge in [-0.1, -0.05) is 6.07 Å². The van der Waals surface area contributed by atoms with Crippen LogP contribution in [0.15, 0.2) is 21.5 Å². The number of urea groups is 1. The van der Waals surface area contributed by atoms with Gasteiger partial charge in [0.15, 0.2) is 9.92 Å². The van der Waals surface area contributed by atoms with Crippen LogP contribution in [0.1, 0.15) is 41.5 Å². The first-order valence-corrected chi connectivity index (χ1v) is 12.4. The highest BCUT2D eigenvalue weighted by molar-refractivity contribution is 7.91. The van der Waals surface area contributed by atoms with Crippen LogP contribution >= 0.6 is 0 Å². The van der Waals surface area contributed by atoms with Gasteiger partial charge in [-0.05, 0) is 74.2 Å². The maximum atomic E-state index is 13.3. The van der Waals surface area contributed by atoms with Crippen LogP contribution in [0.2, 0.25) is 0 Å². The van der Waals surface area contributed by atoms with Gasteiger partial charge in [0, 0.05) is 18.3 Å². The molecule has 10 heteroatoms. The quantitative estimate of drug-likeness (QED) is 0.669.